The summed E-state index contributed by atoms with van der Waals surface area (Å²) in [7, 11) is 0. The molecule has 1 aliphatic carbocycles. The molecule has 88 valence electrons. The summed E-state index contributed by atoms with van der Waals surface area (Å²) < 4.78 is 0. The lowest BCUT2D eigenvalue weighted by Crippen LogP contribution is -2.43. The van der Waals surface area contributed by atoms with Crippen LogP contribution in [0.5, 0.6) is 0 Å². The average Bonchev–Trinajstić information content (AvgIpc) is 3.02. The lowest BCUT2D eigenvalue weighted by Gasteiger charge is -2.30. The highest BCUT2D eigenvalue weighted by Gasteiger charge is 2.46. The van der Waals surface area contributed by atoms with Crippen molar-refractivity contribution in [1.29, 1.82) is 0 Å². The molecule has 0 aromatic heterocycles. The third kappa shape index (κ3) is 2.36. The van der Waals surface area contributed by atoms with Gasteiger partial charge in [0.1, 0.15) is 0 Å². The Morgan fingerprint density at radius 3 is 2.53 bits per heavy atom. The highest BCUT2D eigenvalue weighted by molar-refractivity contribution is 5.05. The molecule has 2 N–H and O–H groups in total. The van der Waals surface area contributed by atoms with Crippen LogP contribution in [0.15, 0.2) is 0 Å². The van der Waals surface area contributed by atoms with E-state index < -0.39 is 0 Å². The van der Waals surface area contributed by atoms with Crippen molar-refractivity contribution in [3.63, 3.8) is 0 Å². The van der Waals surface area contributed by atoms with E-state index in [0.29, 0.717) is 5.54 Å². The lowest BCUT2D eigenvalue weighted by molar-refractivity contribution is 0.184. The molecule has 1 aliphatic heterocycles. The highest BCUT2D eigenvalue weighted by Crippen LogP contribution is 2.42. The van der Waals surface area contributed by atoms with Gasteiger partial charge in [0.2, 0.25) is 0 Å². The zero-order valence-electron chi connectivity index (χ0n) is 10.3. The van der Waals surface area contributed by atoms with Gasteiger partial charge in [-0.3, -0.25) is 4.90 Å². The minimum absolute atomic E-state index is 0.436. The molecule has 0 aromatic rings. The normalized spacial score (nSPS) is 31.6. The fourth-order valence-electron chi connectivity index (χ4n) is 3.06. The summed E-state index contributed by atoms with van der Waals surface area (Å²) in [5.74, 6) is 1.81. The summed E-state index contributed by atoms with van der Waals surface area (Å²) in [6.07, 6.45) is 6.88. The molecule has 1 saturated carbocycles. The smallest absolute Gasteiger partial charge is 0.0333 e. The molecule has 0 radical (unpaired) electrons. The van der Waals surface area contributed by atoms with Gasteiger partial charge in [0.05, 0.1) is 0 Å². The van der Waals surface area contributed by atoms with Gasteiger partial charge in [-0.15, -0.1) is 0 Å². The first-order valence-electron chi connectivity index (χ1n) is 6.63. The third-order valence-electron chi connectivity index (χ3n) is 4.59. The second kappa shape index (κ2) is 4.42. The van der Waals surface area contributed by atoms with E-state index in [9.17, 15) is 0 Å². The van der Waals surface area contributed by atoms with Gasteiger partial charge in [-0.1, -0.05) is 13.8 Å². The molecule has 0 amide bonds. The summed E-state index contributed by atoms with van der Waals surface area (Å²) in [4.78, 5) is 2.69. The Balaban J connectivity index is 1.90. The molecule has 2 nitrogen and oxygen atoms in total. The van der Waals surface area contributed by atoms with Crippen LogP contribution in [0.3, 0.4) is 0 Å². The molecule has 2 aliphatic rings. The van der Waals surface area contributed by atoms with Crippen LogP contribution in [0.25, 0.3) is 0 Å². The van der Waals surface area contributed by atoms with Crippen molar-refractivity contribution in [3.05, 3.63) is 0 Å². The SMILES string of the molecule is CC(C)C1CCCN(C2(CN)CC2)CC1. The lowest BCUT2D eigenvalue weighted by atomic mass is 9.89. The minimum Gasteiger partial charge on any atom is -0.329 e. The highest BCUT2D eigenvalue weighted by atomic mass is 15.2. The Kier molecular flexibility index (Phi) is 3.36. The van der Waals surface area contributed by atoms with E-state index >= 15 is 0 Å². The van der Waals surface area contributed by atoms with Crippen LogP contribution in [-0.2, 0) is 0 Å². The van der Waals surface area contributed by atoms with Gasteiger partial charge in [-0.2, -0.15) is 0 Å². The van der Waals surface area contributed by atoms with Crippen molar-refractivity contribution in [2.75, 3.05) is 19.6 Å². The molecular weight excluding hydrogens is 184 g/mol. The Morgan fingerprint density at radius 2 is 2.00 bits per heavy atom. The van der Waals surface area contributed by atoms with Crippen LogP contribution >= 0.6 is 0 Å². The minimum atomic E-state index is 0.436. The van der Waals surface area contributed by atoms with Gasteiger partial charge < -0.3 is 5.73 Å². The second-order valence-corrected chi connectivity index (χ2v) is 5.85. The summed E-state index contributed by atoms with van der Waals surface area (Å²) in [6.45, 7) is 8.20. The van der Waals surface area contributed by atoms with Crippen molar-refractivity contribution in [1.82, 2.24) is 4.90 Å². The maximum absolute atomic E-state index is 5.90. The number of hydrogen-bond donors (Lipinski definition) is 1. The van der Waals surface area contributed by atoms with Crippen LogP contribution in [-0.4, -0.2) is 30.1 Å². The van der Waals surface area contributed by atoms with Crippen molar-refractivity contribution >= 4 is 0 Å². The Morgan fingerprint density at radius 1 is 1.27 bits per heavy atom. The van der Waals surface area contributed by atoms with Gasteiger partial charge in [-0.05, 0) is 57.0 Å². The maximum Gasteiger partial charge on any atom is 0.0333 e. The maximum atomic E-state index is 5.90. The number of likely N-dealkylation sites (tertiary alicyclic amines) is 1. The number of nitrogens with two attached hydrogens (primary N) is 1. The fraction of sp³-hybridized carbons (Fsp3) is 1.00. The Hall–Kier alpha value is -0.0800. The van der Waals surface area contributed by atoms with E-state index in [1.807, 2.05) is 0 Å². The zero-order chi connectivity index (χ0) is 10.9. The van der Waals surface area contributed by atoms with Gasteiger partial charge in [0.15, 0.2) is 0 Å². The topological polar surface area (TPSA) is 29.3 Å². The van der Waals surface area contributed by atoms with Crippen molar-refractivity contribution in [2.45, 2.75) is 51.5 Å². The quantitative estimate of drug-likeness (QED) is 0.774. The molecule has 1 unspecified atom stereocenters. The van der Waals surface area contributed by atoms with Gasteiger partial charge in [-0.25, -0.2) is 0 Å². The molecule has 0 spiro atoms. The van der Waals surface area contributed by atoms with Crippen LogP contribution < -0.4 is 5.73 Å². The molecular formula is C13H26N2. The first-order valence-corrected chi connectivity index (χ1v) is 6.63. The van der Waals surface area contributed by atoms with Crippen molar-refractivity contribution in [2.24, 2.45) is 17.6 Å². The number of nitrogens with zero attached hydrogens (tertiary/aromatic N) is 1. The van der Waals surface area contributed by atoms with E-state index in [1.165, 1.54) is 45.2 Å². The van der Waals surface area contributed by atoms with Crippen molar-refractivity contribution in [3.8, 4) is 0 Å². The molecule has 1 atom stereocenters. The van der Waals surface area contributed by atoms with Crippen LogP contribution in [0.1, 0.15) is 46.0 Å². The molecule has 1 saturated heterocycles. The summed E-state index contributed by atoms with van der Waals surface area (Å²) in [5.41, 5.74) is 6.34. The van der Waals surface area contributed by atoms with E-state index in [0.717, 1.165) is 18.4 Å². The van der Waals surface area contributed by atoms with E-state index in [1.54, 1.807) is 0 Å². The average molecular weight is 210 g/mol. The van der Waals surface area contributed by atoms with Gasteiger partial charge >= 0.3 is 0 Å². The largest absolute Gasteiger partial charge is 0.329 e. The molecule has 1 heterocycles. The van der Waals surface area contributed by atoms with Crippen LogP contribution in [0.4, 0.5) is 0 Å². The van der Waals surface area contributed by atoms with Gasteiger partial charge in [0, 0.05) is 12.1 Å². The van der Waals surface area contributed by atoms with E-state index in [-0.39, 0.29) is 0 Å². The molecule has 0 aromatic carbocycles. The first kappa shape index (κ1) is 11.4. The zero-order valence-corrected chi connectivity index (χ0v) is 10.3. The molecule has 2 fully saturated rings. The molecule has 0 bridgehead atoms. The molecule has 2 heteroatoms. The van der Waals surface area contributed by atoms with Crippen LogP contribution in [0, 0.1) is 11.8 Å². The predicted molar refractivity (Wildman–Crippen MR) is 64.8 cm³/mol. The Labute approximate surface area is 94.2 Å². The number of rotatable bonds is 3. The summed E-state index contributed by atoms with van der Waals surface area (Å²) >= 11 is 0. The fourth-order valence-corrected chi connectivity index (χ4v) is 3.06. The van der Waals surface area contributed by atoms with Crippen LogP contribution in [0.2, 0.25) is 0 Å². The first-order chi connectivity index (χ1) is 7.18. The van der Waals surface area contributed by atoms with E-state index in [2.05, 4.69) is 18.7 Å². The summed E-state index contributed by atoms with van der Waals surface area (Å²) in [6, 6.07) is 0. The van der Waals surface area contributed by atoms with E-state index in [4.69, 9.17) is 5.73 Å². The van der Waals surface area contributed by atoms with Gasteiger partial charge in [0.25, 0.3) is 0 Å². The van der Waals surface area contributed by atoms with Crippen molar-refractivity contribution < 1.29 is 0 Å². The molecule has 2 rings (SSSR count). The number of hydrogen-bond acceptors (Lipinski definition) is 2. The standard InChI is InChI=1S/C13H26N2/c1-11(2)12-4-3-8-15(9-5-12)13(10-14)6-7-13/h11-12H,3-10,14H2,1-2H3. The Bertz CT molecular complexity index is 209. The second-order valence-electron chi connectivity index (χ2n) is 5.85. The monoisotopic (exact) mass is 210 g/mol. The molecule has 15 heavy (non-hydrogen) atoms. The predicted octanol–water partition coefficient (Wildman–Crippen LogP) is 2.24. The summed E-state index contributed by atoms with van der Waals surface area (Å²) in [5, 5.41) is 0. The third-order valence-corrected chi connectivity index (χ3v) is 4.59.